The molecule has 0 aromatic carbocycles. The topological polar surface area (TPSA) is 39.7 Å². The molecule has 0 amide bonds. The standard InChI is InChI=1S/C14H24F3NO3/c1-13(2)20-7-11(8-21-13)18-10-4-3-5-12(6-10)19-9-14(15,16)17/h10-12,18H,3-9H2,1-2H3. The van der Waals surface area contributed by atoms with Gasteiger partial charge in [0, 0.05) is 6.04 Å². The fourth-order valence-electron chi connectivity index (χ4n) is 2.78. The molecule has 1 saturated heterocycles. The summed E-state index contributed by atoms with van der Waals surface area (Å²) in [6.45, 7) is 3.68. The molecule has 4 nitrogen and oxygen atoms in total. The monoisotopic (exact) mass is 311 g/mol. The van der Waals surface area contributed by atoms with Gasteiger partial charge in [0.1, 0.15) is 6.61 Å². The molecule has 1 saturated carbocycles. The smallest absolute Gasteiger partial charge is 0.369 e. The Bertz CT molecular complexity index is 326. The first kappa shape index (κ1) is 17.0. The van der Waals surface area contributed by atoms with Crippen molar-refractivity contribution in [2.45, 2.75) is 69.7 Å². The lowest BCUT2D eigenvalue weighted by atomic mass is 9.92. The molecule has 21 heavy (non-hydrogen) atoms. The Balaban J connectivity index is 1.72. The van der Waals surface area contributed by atoms with Crippen LogP contribution in [-0.2, 0) is 14.2 Å². The van der Waals surface area contributed by atoms with Gasteiger partial charge in [0.15, 0.2) is 5.79 Å². The van der Waals surface area contributed by atoms with Crippen molar-refractivity contribution < 1.29 is 27.4 Å². The van der Waals surface area contributed by atoms with Gasteiger partial charge in [-0.3, -0.25) is 0 Å². The van der Waals surface area contributed by atoms with E-state index >= 15 is 0 Å². The Morgan fingerprint density at radius 3 is 2.43 bits per heavy atom. The minimum atomic E-state index is -4.25. The zero-order valence-corrected chi connectivity index (χ0v) is 12.5. The highest BCUT2D eigenvalue weighted by molar-refractivity contribution is 4.83. The van der Waals surface area contributed by atoms with Crippen LogP contribution in [0.3, 0.4) is 0 Å². The maximum atomic E-state index is 12.2. The molecule has 2 fully saturated rings. The van der Waals surface area contributed by atoms with Crippen LogP contribution >= 0.6 is 0 Å². The molecule has 0 aromatic heterocycles. The molecule has 1 N–H and O–H groups in total. The van der Waals surface area contributed by atoms with E-state index < -0.39 is 18.6 Å². The molecular weight excluding hydrogens is 287 g/mol. The summed E-state index contributed by atoms with van der Waals surface area (Å²) in [5.74, 6) is -0.552. The number of nitrogens with one attached hydrogen (secondary N) is 1. The van der Waals surface area contributed by atoms with Crippen molar-refractivity contribution in [2.24, 2.45) is 0 Å². The van der Waals surface area contributed by atoms with Crippen molar-refractivity contribution in [2.75, 3.05) is 19.8 Å². The number of alkyl halides is 3. The molecule has 2 unspecified atom stereocenters. The average Bonchev–Trinajstić information content (AvgIpc) is 2.39. The predicted molar refractivity (Wildman–Crippen MR) is 71.0 cm³/mol. The largest absolute Gasteiger partial charge is 0.411 e. The van der Waals surface area contributed by atoms with E-state index in [1.165, 1.54) is 0 Å². The van der Waals surface area contributed by atoms with Crippen LogP contribution < -0.4 is 5.32 Å². The van der Waals surface area contributed by atoms with Gasteiger partial charge in [-0.2, -0.15) is 13.2 Å². The summed E-state index contributed by atoms with van der Waals surface area (Å²) in [7, 11) is 0. The van der Waals surface area contributed by atoms with Crippen LogP contribution in [-0.4, -0.2) is 50.0 Å². The fourth-order valence-corrected chi connectivity index (χ4v) is 2.78. The highest BCUT2D eigenvalue weighted by Gasteiger charge is 2.33. The number of halogens is 3. The van der Waals surface area contributed by atoms with Crippen molar-refractivity contribution >= 4 is 0 Å². The summed E-state index contributed by atoms with van der Waals surface area (Å²) in [6, 6.07) is 0.250. The third kappa shape index (κ3) is 6.10. The zero-order chi connectivity index (χ0) is 15.5. The van der Waals surface area contributed by atoms with Gasteiger partial charge in [0.2, 0.25) is 0 Å². The summed E-state index contributed by atoms with van der Waals surface area (Å²) in [4.78, 5) is 0. The minimum absolute atomic E-state index is 0.0874. The van der Waals surface area contributed by atoms with E-state index in [1.807, 2.05) is 13.8 Å². The van der Waals surface area contributed by atoms with E-state index in [1.54, 1.807) is 0 Å². The molecule has 1 aliphatic carbocycles. The molecule has 1 aliphatic heterocycles. The molecule has 2 atom stereocenters. The molecule has 2 rings (SSSR count). The summed E-state index contributed by atoms with van der Waals surface area (Å²) in [5.41, 5.74) is 0. The van der Waals surface area contributed by atoms with E-state index in [2.05, 4.69) is 5.32 Å². The van der Waals surface area contributed by atoms with E-state index in [-0.39, 0.29) is 18.2 Å². The van der Waals surface area contributed by atoms with Gasteiger partial charge < -0.3 is 19.5 Å². The van der Waals surface area contributed by atoms with Crippen molar-refractivity contribution in [3.63, 3.8) is 0 Å². The quantitative estimate of drug-likeness (QED) is 0.866. The number of ether oxygens (including phenoxy) is 3. The van der Waals surface area contributed by atoms with E-state index in [9.17, 15) is 13.2 Å². The first-order valence-electron chi connectivity index (χ1n) is 7.46. The molecule has 2 aliphatic rings. The summed E-state index contributed by atoms with van der Waals surface area (Å²) >= 11 is 0. The number of hydrogen-bond acceptors (Lipinski definition) is 4. The molecule has 1 heterocycles. The Kier molecular flexibility index (Phi) is 5.51. The third-order valence-corrected chi connectivity index (χ3v) is 3.84. The van der Waals surface area contributed by atoms with Gasteiger partial charge in [-0.1, -0.05) is 0 Å². The maximum Gasteiger partial charge on any atom is 0.411 e. The van der Waals surface area contributed by atoms with Crippen molar-refractivity contribution in [1.29, 1.82) is 0 Å². The number of hydrogen-bond donors (Lipinski definition) is 1. The second kappa shape index (κ2) is 6.81. The van der Waals surface area contributed by atoms with Gasteiger partial charge in [-0.25, -0.2) is 0 Å². The fraction of sp³-hybridized carbons (Fsp3) is 1.00. The first-order chi connectivity index (χ1) is 9.73. The van der Waals surface area contributed by atoms with Gasteiger partial charge >= 0.3 is 6.18 Å². The second-order valence-corrected chi connectivity index (χ2v) is 6.30. The Hall–Kier alpha value is -0.370. The Labute approximate surface area is 123 Å². The molecule has 124 valence electrons. The van der Waals surface area contributed by atoms with Gasteiger partial charge in [0.25, 0.3) is 0 Å². The van der Waals surface area contributed by atoms with E-state index in [0.29, 0.717) is 26.1 Å². The Morgan fingerprint density at radius 1 is 1.14 bits per heavy atom. The van der Waals surface area contributed by atoms with Crippen LogP contribution in [0.25, 0.3) is 0 Å². The SMILES string of the molecule is CC1(C)OCC(NC2CCCC(OCC(F)(F)F)C2)CO1. The normalized spacial score (nSPS) is 31.3. The highest BCUT2D eigenvalue weighted by atomic mass is 19.4. The van der Waals surface area contributed by atoms with Crippen LogP contribution in [0.15, 0.2) is 0 Å². The molecule has 0 aromatic rings. The van der Waals surface area contributed by atoms with Crippen molar-refractivity contribution in [3.8, 4) is 0 Å². The summed E-state index contributed by atoms with van der Waals surface area (Å²) in [6.07, 6.45) is -1.45. The van der Waals surface area contributed by atoms with Crippen LogP contribution in [0.5, 0.6) is 0 Å². The highest BCUT2D eigenvalue weighted by Crippen LogP contribution is 2.25. The van der Waals surface area contributed by atoms with Crippen molar-refractivity contribution in [3.05, 3.63) is 0 Å². The number of rotatable bonds is 4. The van der Waals surface area contributed by atoms with Crippen LogP contribution in [0.2, 0.25) is 0 Å². The van der Waals surface area contributed by atoms with Crippen molar-refractivity contribution in [1.82, 2.24) is 5.32 Å². The lowest BCUT2D eigenvalue weighted by Gasteiger charge is -2.38. The van der Waals surface area contributed by atoms with Gasteiger partial charge in [0.05, 0.1) is 25.4 Å². The molecule has 0 spiro atoms. The van der Waals surface area contributed by atoms with Gasteiger partial charge in [-0.05, 0) is 39.5 Å². The maximum absolute atomic E-state index is 12.2. The minimum Gasteiger partial charge on any atom is -0.369 e. The molecular formula is C14H24F3NO3. The van der Waals surface area contributed by atoms with E-state index in [4.69, 9.17) is 14.2 Å². The molecule has 0 bridgehead atoms. The average molecular weight is 311 g/mol. The summed E-state index contributed by atoms with van der Waals surface area (Å²) < 4.78 is 52.7. The Morgan fingerprint density at radius 2 is 1.81 bits per heavy atom. The third-order valence-electron chi connectivity index (χ3n) is 3.84. The van der Waals surface area contributed by atoms with Gasteiger partial charge in [-0.15, -0.1) is 0 Å². The predicted octanol–water partition coefficient (Wildman–Crippen LogP) is 2.62. The summed E-state index contributed by atoms with van der Waals surface area (Å²) in [5, 5.41) is 3.41. The first-order valence-corrected chi connectivity index (χ1v) is 7.46. The van der Waals surface area contributed by atoms with Crippen LogP contribution in [0.4, 0.5) is 13.2 Å². The second-order valence-electron chi connectivity index (χ2n) is 6.30. The molecule has 0 radical (unpaired) electrons. The van der Waals surface area contributed by atoms with Crippen LogP contribution in [0, 0.1) is 0 Å². The van der Waals surface area contributed by atoms with E-state index in [0.717, 1.165) is 12.8 Å². The lowest BCUT2D eigenvalue weighted by Crippen LogP contribution is -2.52. The lowest BCUT2D eigenvalue weighted by molar-refractivity contribution is -0.253. The molecule has 7 heteroatoms. The van der Waals surface area contributed by atoms with Crippen LogP contribution in [0.1, 0.15) is 39.5 Å². The zero-order valence-electron chi connectivity index (χ0n) is 12.5.